The second-order valence-electron chi connectivity index (χ2n) is 6.64. The summed E-state index contributed by atoms with van der Waals surface area (Å²) in [5, 5.41) is 12.0. The van der Waals surface area contributed by atoms with E-state index >= 15 is 0 Å². The number of hydrogen-bond donors (Lipinski definition) is 1. The van der Waals surface area contributed by atoms with Gasteiger partial charge in [0.05, 0.1) is 6.20 Å². The van der Waals surface area contributed by atoms with E-state index < -0.39 is 11.6 Å². The minimum atomic E-state index is -1.95. The summed E-state index contributed by atoms with van der Waals surface area (Å²) < 4.78 is 11.1. The highest BCUT2D eigenvalue weighted by molar-refractivity contribution is 6.30. The first-order valence-corrected chi connectivity index (χ1v) is 9.66. The van der Waals surface area contributed by atoms with Gasteiger partial charge in [0.1, 0.15) is 0 Å². The Morgan fingerprint density at radius 1 is 0.933 bits per heavy atom. The number of aliphatic hydroxyl groups is 1. The monoisotopic (exact) mass is 419 g/mol. The van der Waals surface area contributed by atoms with Gasteiger partial charge in [0.15, 0.2) is 12.4 Å². The van der Waals surface area contributed by atoms with E-state index in [4.69, 9.17) is 20.8 Å². The number of halogens is 1. The summed E-state index contributed by atoms with van der Waals surface area (Å²) in [6, 6.07) is 24.5. The molecule has 0 saturated heterocycles. The molecule has 0 aliphatic carbocycles. The number of rotatable bonds is 6. The molecule has 1 N–H and O–H groups in total. The summed E-state index contributed by atoms with van der Waals surface area (Å²) in [6.07, 6.45) is 1.55. The zero-order valence-electron chi connectivity index (χ0n) is 15.9. The van der Waals surface area contributed by atoms with Gasteiger partial charge in [-0.05, 0) is 35.4 Å². The van der Waals surface area contributed by atoms with Gasteiger partial charge in [-0.1, -0.05) is 72.3 Å². The van der Waals surface area contributed by atoms with Crippen molar-refractivity contribution in [1.82, 2.24) is 4.98 Å². The van der Waals surface area contributed by atoms with E-state index in [1.807, 2.05) is 24.3 Å². The van der Waals surface area contributed by atoms with E-state index in [2.05, 4.69) is 4.98 Å². The van der Waals surface area contributed by atoms with Crippen molar-refractivity contribution >= 4 is 17.6 Å². The molecular weight excluding hydrogens is 402 g/mol. The molecule has 150 valence electrons. The van der Waals surface area contributed by atoms with Crippen LogP contribution in [-0.4, -0.2) is 16.1 Å². The van der Waals surface area contributed by atoms with Crippen LogP contribution < -0.4 is 0 Å². The number of carbonyl (C=O) groups is 1. The van der Waals surface area contributed by atoms with Crippen LogP contribution in [0.5, 0.6) is 0 Å². The van der Waals surface area contributed by atoms with Gasteiger partial charge in [0.2, 0.25) is 11.5 Å². The first-order valence-electron chi connectivity index (χ1n) is 9.28. The highest BCUT2D eigenvalue weighted by Gasteiger charge is 2.41. The van der Waals surface area contributed by atoms with E-state index in [9.17, 15) is 9.90 Å². The molecule has 1 aromatic heterocycles. The lowest BCUT2D eigenvalue weighted by atomic mass is 9.86. The fourth-order valence-corrected chi connectivity index (χ4v) is 3.24. The van der Waals surface area contributed by atoms with Crippen LogP contribution in [0.25, 0.3) is 11.3 Å². The number of esters is 1. The molecule has 0 atom stereocenters. The lowest BCUT2D eigenvalue weighted by Gasteiger charge is -2.26. The average molecular weight is 420 g/mol. The zero-order valence-corrected chi connectivity index (χ0v) is 16.6. The lowest BCUT2D eigenvalue weighted by molar-refractivity contribution is -0.164. The molecule has 3 aromatic carbocycles. The molecule has 0 aliphatic heterocycles. The summed E-state index contributed by atoms with van der Waals surface area (Å²) in [6.45, 7) is -0.214. The van der Waals surface area contributed by atoms with Crippen molar-refractivity contribution in [2.24, 2.45) is 0 Å². The second kappa shape index (κ2) is 8.53. The zero-order chi connectivity index (χ0) is 21.0. The van der Waals surface area contributed by atoms with Crippen molar-refractivity contribution in [2.75, 3.05) is 0 Å². The Balaban J connectivity index is 1.55. The van der Waals surface area contributed by atoms with Crippen molar-refractivity contribution in [3.05, 3.63) is 113 Å². The van der Waals surface area contributed by atoms with E-state index in [0.29, 0.717) is 21.9 Å². The molecule has 4 rings (SSSR count). The largest absolute Gasteiger partial charge is 0.453 e. The van der Waals surface area contributed by atoms with Gasteiger partial charge in [0.25, 0.3) is 0 Å². The Morgan fingerprint density at radius 2 is 1.50 bits per heavy atom. The summed E-state index contributed by atoms with van der Waals surface area (Å²) in [5.74, 6) is -0.0676. The maximum absolute atomic E-state index is 13.0. The van der Waals surface area contributed by atoms with Crippen molar-refractivity contribution in [3.63, 3.8) is 0 Å². The lowest BCUT2D eigenvalue weighted by Crippen LogP contribution is -2.38. The third-order valence-corrected chi connectivity index (χ3v) is 4.94. The Hall–Kier alpha value is -3.41. The summed E-state index contributed by atoms with van der Waals surface area (Å²) in [7, 11) is 0. The van der Waals surface area contributed by atoms with Gasteiger partial charge in [-0.2, -0.15) is 0 Å². The smallest absolute Gasteiger partial charge is 0.348 e. The van der Waals surface area contributed by atoms with E-state index in [1.165, 1.54) is 0 Å². The van der Waals surface area contributed by atoms with Crippen LogP contribution in [0.3, 0.4) is 0 Å². The van der Waals surface area contributed by atoms with Gasteiger partial charge >= 0.3 is 5.97 Å². The van der Waals surface area contributed by atoms with Crippen molar-refractivity contribution in [2.45, 2.75) is 12.2 Å². The van der Waals surface area contributed by atoms with E-state index in [1.54, 1.807) is 66.9 Å². The standard InChI is InChI=1S/C24H18ClNO4/c25-20-13-11-17(12-14-20)21-15-26-22(30-21)16-29-23(27)24(28,18-7-3-1-4-8-18)19-9-5-2-6-10-19/h1-15,28H,16H2. The molecule has 30 heavy (non-hydrogen) atoms. The molecule has 6 heteroatoms. The van der Waals surface area contributed by atoms with Crippen LogP contribution in [0.4, 0.5) is 0 Å². The Kier molecular flexibility index (Phi) is 5.65. The molecule has 0 spiro atoms. The van der Waals surface area contributed by atoms with Crippen molar-refractivity contribution in [3.8, 4) is 11.3 Å². The molecule has 0 radical (unpaired) electrons. The minimum absolute atomic E-state index is 0.214. The molecular formula is C24H18ClNO4. The Bertz CT molecular complexity index is 1090. The van der Waals surface area contributed by atoms with Gasteiger partial charge in [0, 0.05) is 10.6 Å². The predicted octanol–water partition coefficient (Wildman–Crippen LogP) is 4.97. The minimum Gasteiger partial charge on any atom is -0.453 e. The molecule has 0 aliphatic rings. The first-order chi connectivity index (χ1) is 14.6. The number of oxazole rings is 1. The molecule has 0 bridgehead atoms. The number of nitrogens with zero attached hydrogens (tertiary/aromatic N) is 1. The summed E-state index contributed by atoms with van der Waals surface area (Å²) >= 11 is 5.91. The molecule has 0 fully saturated rings. The number of hydrogen-bond acceptors (Lipinski definition) is 5. The van der Waals surface area contributed by atoms with Crippen LogP contribution in [0.15, 0.2) is 95.5 Å². The van der Waals surface area contributed by atoms with E-state index in [-0.39, 0.29) is 12.5 Å². The Morgan fingerprint density at radius 3 is 2.07 bits per heavy atom. The number of aromatic nitrogens is 1. The quantitative estimate of drug-likeness (QED) is 0.446. The van der Waals surface area contributed by atoms with Crippen LogP contribution in [0, 0.1) is 0 Å². The average Bonchev–Trinajstić information content (AvgIpc) is 3.27. The van der Waals surface area contributed by atoms with Gasteiger partial charge in [-0.3, -0.25) is 0 Å². The number of carbonyl (C=O) groups excluding carboxylic acids is 1. The highest BCUT2D eigenvalue weighted by Crippen LogP contribution is 2.31. The molecule has 5 nitrogen and oxygen atoms in total. The van der Waals surface area contributed by atoms with Gasteiger partial charge in [-0.25, -0.2) is 9.78 Å². The predicted molar refractivity (Wildman–Crippen MR) is 113 cm³/mol. The third kappa shape index (κ3) is 3.99. The SMILES string of the molecule is O=C(OCc1ncc(-c2ccc(Cl)cc2)o1)C(O)(c1ccccc1)c1ccccc1. The fraction of sp³-hybridized carbons (Fsp3) is 0.0833. The fourth-order valence-electron chi connectivity index (χ4n) is 3.12. The maximum Gasteiger partial charge on any atom is 0.348 e. The van der Waals surface area contributed by atoms with Crippen LogP contribution in [-0.2, 0) is 21.7 Å². The van der Waals surface area contributed by atoms with Crippen LogP contribution in [0.1, 0.15) is 17.0 Å². The Labute approximate surface area is 178 Å². The molecule has 0 saturated carbocycles. The normalized spacial score (nSPS) is 11.3. The second-order valence-corrected chi connectivity index (χ2v) is 7.08. The van der Waals surface area contributed by atoms with E-state index in [0.717, 1.165) is 5.56 Å². The van der Waals surface area contributed by atoms with Crippen LogP contribution in [0.2, 0.25) is 5.02 Å². The number of benzene rings is 3. The highest BCUT2D eigenvalue weighted by atomic mass is 35.5. The van der Waals surface area contributed by atoms with Crippen molar-refractivity contribution < 1.29 is 19.1 Å². The summed E-state index contributed by atoms with van der Waals surface area (Å²) in [4.78, 5) is 17.2. The van der Waals surface area contributed by atoms with Gasteiger partial charge < -0.3 is 14.3 Å². The molecule has 4 aromatic rings. The van der Waals surface area contributed by atoms with Crippen LogP contribution >= 0.6 is 11.6 Å². The number of ether oxygens (including phenoxy) is 1. The molecule has 0 unspecified atom stereocenters. The maximum atomic E-state index is 13.0. The third-order valence-electron chi connectivity index (χ3n) is 4.69. The summed E-state index contributed by atoms with van der Waals surface area (Å²) in [5.41, 5.74) is -0.325. The van der Waals surface area contributed by atoms with Gasteiger partial charge in [-0.15, -0.1) is 0 Å². The molecule has 0 amide bonds. The molecule has 1 heterocycles. The topological polar surface area (TPSA) is 72.6 Å². The first kappa shape index (κ1) is 19.9. The van der Waals surface area contributed by atoms with Crippen molar-refractivity contribution in [1.29, 1.82) is 0 Å².